The quantitative estimate of drug-likeness (QED) is 0.361. The van der Waals surface area contributed by atoms with E-state index >= 15 is 0 Å². The maximum Gasteiger partial charge on any atom is 0.264 e. The van der Waals surface area contributed by atoms with Crippen molar-refractivity contribution in [3.8, 4) is 11.5 Å². The Bertz CT molecular complexity index is 1520. The van der Waals surface area contributed by atoms with Gasteiger partial charge in [0.05, 0.1) is 29.8 Å². The second kappa shape index (κ2) is 12.6. The number of halogens is 2. The van der Waals surface area contributed by atoms with Crippen LogP contribution < -0.4 is 19.1 Å². The van der Waals surface area contributed by atoms with E-state index in [0.29, 0.717) is 18.7 Å². The third-order valence-corrected chi connectivity index (χ3v) is 8.51. The fraction of sp³-hybridized carbons (Fsp3) is 0.286. The van der Waals surface area contributed by atoms with E-state index in [9.17, 15) is 22.4 Å². The van der Waals surface area contributed by atoms with Crippen LogP contribution in [0.15, 0.2) is 65.6 Å². The molecule has 1 aliphatic heterocycles. The summed E-state index contributed by atoms with van der Waals surface area (Å²) in [7, 11) is -1.53. The van der Waals surface area contributed by atoms with Crippen molar-refractivity contribution >= 4 is 39.1 Å². The Labute approximate surface area is 237 Å². The molecule has 3 aromatic carbocycles. The molecule has 40 heavy (non-hydrogen) atoms. The van der Waals surface area contributed by atoms with Gasteiger partial charge in [0.25, 0.3) is 10.0 Å². The fourth-order valence-corrected chi connectivity index (χ4v) is 5.98. The number of amides is 2. The Balaban J connectivity index is 1.54. The summed E-state index contributed by atoms with van der Waals surface area (Å²) in [5.41, 5.74) is 1.73. The summed E-state index contributed by atoms with van der Waals surface area (Å²) in [6.45, 7) is 0.747. The van der Waals surface area contributed by atoms with E-state index in [1.165, 1.54) is 38.5 Å². The molecule has 9 nitrogen and oxygen atoms in total. The molecule has 0 aliphatic carbocycles. The highest BCUT2D eigenvalue weighted by Crippen LogP contribution is 2.33. The van der Waals surface area contributed by atoms with Crippen LogP contribution in [0.25, 0.3) is 0 Å². The molecule has 0 aromatic heterocycles. The van der Waals surface area contributed by atoms with Gasteiger partial charge in [0.2, 0.25) is 11.8 Å². The predicted octanol–water partition coefficient (Wildman–Crippen LogP) is 4.13. The topological polar surface area (TPSA) is 105 Å². The van der Waals surface area contributed by atoms with Crippen molar-refractivity contribution in [3.05, 3.63) is 82.6 Å². The summed E-state index contributed by atoms with van der Waals surface area (Å²) in [6, 6.07) is 14.9. The number of anilines is 1. The lowest BCUT2D eigenvalue weighted by Crippen LogP contribution is -2.40. The summed E-state index contributed by atoms with van der Waals surface area (Å²) in [5.74, 6) is -0.693. The Kier molecular flexibility index (Phi) is 9.16. The molecule has 0 atom stereocenters. The number of benzene rings is 3. The number of carbonyl (C=O) groups excluding carboxylic acids is 2. The van der Waals surface area contributed by atoms with E-state index < -0.39 is 28.3 Å². The van der Waals surface area contributed by atoms with E-state index in [1.807, 2.05) is 24.3 Å². The summed E-state index contributed by atoms with van der Waals surface area (Å²) in [5, 5.41) is 2.45. The molecule has 0 bridgehead atoms. The highest BCUT2D eigenvalue weighted by molar-refractivity contribution is 7.92. The van der Waals surface area contributed by atoms with Gasteiger partial charge in [-0.15, -0.1) is 0 Å². The normalized spacial score (nSPS) is 13.3. The summed E-state index contributed by atoms with van der Waals surface area (Å²) in [4.78, 5) is 26.6. The van der Waals surface area contributed by atoms with Gasteiger partial charge in [-0.05, 0) is 47.9 Å². The number of methoxy groups -OCH3 is 2. The van der Waals surface area contributed by atoms with Crippen molar-refractivity contribution in [3.63, 3.8) is 0 Å². The van der Waals surface area contributed by atoms with E-state index in [0.717, 1.165) is 40.5 Å². The maximum atomic E-state index is 13.9. The van der Waals surface area contributed by atoms with Crippen LogP contribution >= 0.6 is 11.6 Å². The number of hydrogen-bond donors (Lipinski definition) is 1. The number of carbonyl (C=O) groups is 2. The zero-order chi connectivity index (χ0) is 28.9. The Morgan fingerprint density at radius 3 is 2.48 bits per heavy atom. The zero-order valence-corrected chi connectivity index (χ0v) is 23.6. The molecule has 1 N–H and O–H groups in total. The predicted molar refractivity (Wildman–Crippen MR) is 148 cm³/mol. The summed E-state index contributed by atoms with van der Waals surface area (Å²) >= 11 is 5.95. The Morgan fingerprint density at radius 1 is 1.05 bits per heavy atom. The largest absolute Gasteiger partial charge is 0.493 e. The standard InChI is InChI=1S/C28H29ClFN3O6S/c1-38-25-11-9-22(15-26(25)39-2)40(36,37)33(21-8-10-24(30)23(29)14-21)18-27(34)31-16-19-5-3-6-20(13-19)17-32-12-4-7-28(32)35/h3,5-6,8-11,13-15H,4,7,12,16-18H2,1-2H3,(H,31,34). The number of nitrogens with one attached hydrogen (secondary N) is 1. The molecule has 0 unspecified atom stereocenters. The molecule has 0 spiro atoms. The molecule has 1 fully saturated rings. The number of nitrogens with zero attached hydrogens (tertiary/aromatic N) is 2. The Hall–Kier alpha value is -3.83. The highest BCUT2D eigenvalue weighted by Gasteiger charge is 2.29. The molecule has 0 saturated carbocycles. The van der Waals surface area contributed by atoms with Crippen LogP contribution in [0.2, 0.25) is 5.02 Å². The number of sulfonamides is 1. The fourth-order valence-electron chi connectivity index (χ4n) is 4.38. The van der Waals surface area contributed by atoms with Gasteiger partial charge >= 0.3 is 0 Å². The van der Waals surface area contributed by atoms with Crippen molar-refractivity contribution in [2.45, 2.75) is 30.8 Å². The molecule has 3 aromatic rings. The molecule has 0 radical (unpaired) electrons. The van der Waals surface area contributed by atoms with Crippen molar-refractivity contribution in [1.82, 2.24) is 10.2 Å². The third kappa shape index (κ3) is 6.65. The van der Waals surface area contributed by atoms with Gasteiger partial charge in [-0.3, -0.25) is 13.9 Å². The third-order valence-electron chi connectivity index (χ3n) is 6.45. The number of ether oxygens (including phenoxy) is 2. The van der Waals surface area contributed by atoms with E-state index in [1.54, 1.807) is 4.90 Å². The number of rotatable bonds is 11. The molecular formula is C28H29ClFN3O6S. The van der Waals surface area contributed by atoms with E-state index in [2.05, 4.69) is 5.32 Å². The van der Waals surface area contributed by atoms with Gasteiger partial charge in [-0.25, -0.2) is 12.8 Å². The average Bonchev–Trinajstić information content (AvgIpc) is 3.35. The Morgan fingerprint density at radius 2 is 1.80 bits per heavy atom. The smallest absolute Gasteiger partial charge is 0.264 e. The van der Waals surface area contributed by atoms with Gasteiger partial charge in [0.15, 0.2) is 11.5 Å². The van der Waals surface area contributed by atoms with Crippen molar-refractivity contribution < 1.29 is 31.9 Å². The van der Waals surface area contributed by atoms with Crippen LogP contribution in [0.4, 0.5) is 10.1 Å². The first-order valence-corrected chi connectivity index (χ1v) is 14.3. The van der Waals surface area contributed by atoms with Crippen LogP contribution in [-0.4, -0.2) is 52.4 Å². The van der Waals surface area contributed by atoms with Gasteiger partial charge < -0.3 is 19.7 Å². The van der Waals surface area contributed by atoms with Gasteiger partial charge in [0.1, 0.15) is 12.4 Å². The number of likely N-dealkylation sites (tertiary alicyclic amines) is 1. The molecular weight excluding hydrogens is 561 g/mol. The van der Waals surface area contributed by atoms with Gasteiger partial charge in [0, 0.05) is 32.1 Å². The van der Waals surface area contributed by atoms with E-state index in [4.69, 9.17) is 21.1 Å². The minimum absolute atomic E-state index is 0.00797. The first kappa shape index (κ1) is 29.2. The van der Waals surface area contributed by atoms with Gasteiger partial charge in [-0.2, -0.15) is 0 Å². The second-order valence-electron chi connectivity index (χ2n) is 9.14. The molecule has 212 valence electrons. The van der Waals surface area contributed by atoms with E-state index in [-0.39, 0.29) is 33.8 Å². The lowest BCUT2D eigenvalue weighted by Gasteiger charge is -2.25. The maximum absolute atomic E-state index is 13.9. The second-order valence-corrected chi connectivity index (χ2v) is 11.4. The summed E-state index contributed by atoms with van der Waals surface area (Å²) < 4.78 is 52.6. The molecule has 12 heteroatoms. The molecule has 4 rings (SSSR count). The zero-order valence-electron chi connectivity index (χ0n) is 22.0. The van der Waals surface area contributed by atoms with Crippen molar-refractivity contribution in [2.24, 2.45) is 0 Å². The monoisotopic (exact) mass is 589 g/mol. The number of hydrogen-bond acceptors (Lipinski definition) is 6. The van der Waals surface area contributed by atoms with Crippen LogP contribution in [0.5, 0.6) is 11.5 Å². The molecule has 1 aliphatic rings. The average molecular weight is 590 g/mol. The van der Waals surface area contributed by atoms with Crippen LogP contribution in [-0.2, 0) is 32.7 Å². The molecule has 1 saturated heterocycles. The minimum Gasteiger partial charge on any atom is -0.493 e. The molecule has 2 amide bonds. The first-order valence-electron chi connectivity index (χ1n) is 12.4. The van der Waals surface area contributed by atoms with Crippen molar-refractivity contribution in [1.29, 1.82) is 0 Å². The summed E-state index contributed by atoms with van der Waals surface area (Å²) in [6.07, 6.45) is 1.40. The van der Waals surface area contributed by atoms with Gasteiger partial charge in [-0.1, -0.05) is 35.9 Å². The first-order chi connectivity index (χ1) is 19.1. The SMILES string of the molecule is COc1ccc(S(=O)(=O)N(CC(=O)NCc2cccc(CN3CCCC3=O)c2)c2ccc(F)c(Cl)c2)cc1OC. The van der Waals surface area contributed by atoms with Crippen LogP contribution in [0.1, 0.15) is 24.0 Å². The molecule has 1 heterocycles. The van der Waals surface area contributed by atoms with Crippen LogP contribution in [0, 0.1) is 5.82 Å². The highest BCUT2D eigenvalue weighted by atomic mass is 35.5. The lowest BCUT2D eigenvalue weighted by atomic mass is 10.1. The van der Waals surface area contributed by atoms with Crippen molar-refractivity contribution in [2.75, 3.05) is 31.6 Å². The van der Waals surface area contributed by atoms with Crippen LogP contribution in [0.3, 0.4) is 0 Å². The lowest BCUT2D eigenvalue weighted by molar-refractivity contribution is -0.128. The minimum atomic E-state index is -4.33.